The summed E-state index contributed by atoms with van der Waals surface area (Å²) in [4.78, 5) is 2.05. The zero-order chi connectivity index (χ0) is 15.1. The van der Waals surface area contributed by atoms with Gasteiger partial charge >= 0.3 is 0 Å². The minimum absolute atomic E-state index is 0.215. The summed E-state index contributed by atoms with van der Waals surface area (Å²) in [5, 5.41) is 8.63. The molecule has 0 heterocycles. The van der Waals surface area contributed by atoms with Crippen molar-refractivity contribution in [2.75, 3.05) is 33.4 Å². The average molecular weight is 291 g/mol. The lowest BCUT2D eigenvalue weighted by Crippen LogP contribution is -2.23. The first-order valence-corrected chi connectivity index (χ1v) is 7.33. The number of halogens is 1. The van der Waals surface area contributed by atoms with Crippen LogP contribution in [0.1, 0.15) is 24.0 Å². The number of aliphatic hydroxyl groups is 1. The van der Waals surface area contributed by atoms with Crippen molar-refractivity contribution in [2.24, 2.45) is 5.92 Å². The van der Waals surface area contributed by atoms with Gasteiger partial charge in [-0.1, -0.05) is 17.9 Å². The summed E-state index contributed by atoms with van der Waals surface area (Å²) in [6, 6.07) is 4.94. The second kappa shape index (κ2) is 8.14. The summed E-state index contributed by atoms with van der Waals surface area (Å²) < 4.78 is 19.5. The molecule has 0 saturated heterocycles. The van der Waals surface area contributed by atoms with E-state index >= 15 is 0 Å². The van der Waals surface area contributed by atoms with E-state index in [0.717, 1.165) is 19.1 Å². The Labute approximate surface area is 125 Å². The largest absolute Gasteiger partial charge is 0.384 e. The maximum absolute atomic E-state index is 14.0. The molecule has 21 heavy (non-hydrogen) atoms. The maximum atomic E-state index is 14.0. The number of aliphatic hydroxyl groups excluding tert-OH is 1. The topological polar surface area (TPSA) is 32.7 Å². The number of nitrogens with zero attached hydrogens (tertiary/aromatic N) is 1. The highest BCUT2D eigenvalue weighted by atomic mass is 19.1. The summed E-state index contributed by atoms with van der Waals surface area (Å²) >= 11 is 0. The Morgan fingerprint density at radius 3 is 2.90 bits per heavy atom. The molecular formula is C17H22FNO2. The van der Waals surface area contributed by atoms with E-state index in [1.165, 1.54) is 18.9 Å². The van der Waals surface area contributed by atoms with Crippen LogP contribution in [0.5, 0.6) is 0 Å². The molecule has 1 aromatic carbocycles. The SMILES string of the molecule is CN(CCOCC1CC1)Cc1ccc(C#CCO)cc1F. The Morgan fingerprint density at radius 2 is 2.24 bits per heavy atom. The van der Waals surface area contributed by atoms with Crippen LogP contribution in [0, 0.1) is 23.6 Å². The van der Waals surface area contributed by atoms with Crippen LogP contribution in [-0.4, -0.2) is 43.4 Å². The predicted molar refractivity (Wildman–Crippen MR) is 80.2 cm³/mol. The van der Waals surface area contributed by atoms with E-state index in [0.29, 0.717) is 24.3 Å². The molecule has 0 aromatic heterocycles. The van der Waals surface area contributed by atoms with Crippen LogP contribution in [0.25, 0.3) is 0 Å². The summed E-state index contributed by atoms with van der Waals surface area (Å²) in [6.07, 6.45) is 2.60. The molecule has 0 amide bonds. The molecule has 0 spiro atoms. The first-order chi connectivity index (χ1) is 10.2. The van der Waals surface area contributed by atoms with Crippen LogP contribution in [0.15, 0.2) is 18.2 Å². The zero-order valence-corrected chi connectivity index (χ0v) is 12.4. The monoisotopic (exact) mass is 291 g/mol. The highest BCUT2D eigenvalue weighted by Crippen LogP contribution is 2.28. The lowest BCUT2D eigenvalue weighted by Gasteiger charge is -2.17. The lowest BCUT2D eigenvalue weighted by molar-refractivity contribution is 0.101. The Bertz CT molecular complexity index is 517. The second-order valence-corrected chi connectivity index (χ2v) is 5.52. The fourth-order valence-electron chi connectivity index (χ4n) is 2.02. The van der Waals surface area contributed by atoms with Crippen LogP contribution in [0.4, 0.5) is 4.39 Å². The van der Waals surface area contributed by atoms with Gasteiger partial charge in [-0.25, -0.2) is 4.39 Å². The number of hydrogen-bond donors (Lipinski definition) is 1. The predicted octanol–water partition coefficient (Wildman–Crippen LogP) is 2.03. The van der Waals surface area contributed by atoms with Gasteiger partial charge in [-0.15, -0.1) is 0 Å². The molecule has 0 unspecified atom stereocenters. The van der Waals surface area contributed by atoms with E-state index in [-0.39, 0.29) is 12.4 Å². The van der Waals surface area contributed by atoms with Crippen molar-refractivity contribution in [1.82, 2.24) is 4.90 Å². The molecule has 0 aliphatic heterocycles. The van der Waals surface area contributed by atoms with Gasteiger partial charge in [0.1, 0.15) is 12.4 Å². The molecule has 0 atom stereocenters. The maximum Gasteiger partial charge on any atom is 0.128 e. The van der Waals surface area contributed by atoms with Gasteiger partial charge in [-0.05, 0) is 37.9 Å². The zero-order valence-electron chi connectivity index (χ0n) is 12.4. The van der Waals surface area contributed by atoms with Crippen LogP contribution in [0.2, 0.25) is 0 Å². The Morgan fingerprint density at radius 1 is 1.43 bits per heavy atom. The Kier molecular flexibility index (Phi) is 6.19. The molecule has 4 heteroatoms. The number of likely N-dealkylation sites (N-methyl/N-ethyl adjacent to an activating group) is 1. The van der Waals surface area contributed by atoms with Gasteiger partial charge in [0, 0.05) is 30.8 Å². The van der Waals surface area contributed by atoms with E-state index in [1.54, 1.807) is 12.1 Å². The fourth-order valence-corrected chi connectivity index (χ4v) is 2.02. The minimum atomic E-state index is -0.259. The molecule has 1 aliphatic carbocycles. The van der Waals surface area contributed by atoms with Crippen molar-refractivity contribution < 1.29 is 14.2 Å². The van der Waals surface area contributed by atoms with Gasteiger partial charge < -0.3 is 9.84 Å². The van der Waals surface area contributed by atoms with Gasteiger partial charge in [-0.3, -0.25) is 4.90 Å². The van der Waals surface area contributed by atoms with Crippen molar-refractivity contribution in [1.29, 1.82) is 0 Å². The molecule has 0 radical (unpaired) electrons. The Balaban J connectivity index is 1.77. The third-order valence-electron chi connectivity index (χ3n) is 3.47. The molecule has 3 nitrogen and oxygen atoms in total. The van der Waals surface area contributed by atoms with Crippen molar-refractivity contribution in [3.63, 3.8) is 0 Å². The van der Waals surface area contributed by atoms with E-state index in [2.05, 4.69) is 11.8 Å². The van der Waals surface area contributed by atoms with Crippen molar-refractivity contribution in [3.05, 3.63) is 35.1 Å². The second-order valence-electron chi connectivity index (χ2n) is 5.52. The van der Waals surface area contributed by atoms with Crippen LogP contribution >= 0.6 is 0 Å². The first-order valence-electron chi connectivity index (χ1n) is 7.33. The van der Waals surface area contributed by atoms with Crippen molar-refractivity contribution in [3.8, 4) is 11.8 Å². The van der Waals surface area contributed by atoms with Gasteiger partial charge in [0.05, 0.1) is 6.61 Å². The van der Waals surface area contributed by atoms with Crippen LogP contribution in [-0.2, 0) is 11.3 Å². The summed E-state index contributed by atoms with van der Waals surface area (Å²) in [5.41, 5.74) is 1.23. The van der Waals surface area contributed by atoms with E-state index in [9.17, 15) is 4.39 Å². The molecule has 1 N–H and O–H groups in total. The van der Waals surface area contributed by atoms with Gasteiger partial charge in [0.2, 0.25) is 0 Å². The van der Waals surface area contributed by atoms with Gasteiger partial charge in [0.25, 0.3) is 0 Å². The van der Waals surface area contributed by atoms with E-state index in [4.69, 9.17) is 9.84 Å². The molecule has 2 rings (SSSR count). The average Bonchev–Trinajstić information content (AvgIpc) is 3.28. The molecule has 1 fully saturated rings. The lowest BCUT2D eigenvalue weighted by atomic mass is 10.1. The molecule has 1 saturated carbocycles. The number of rotatable bonds is 7. The third-order valence-corrected chi connectivity index (χ3v) is 3.47. The first kappa shape index (κ1) is 16.0. The van der Waals surface area contributed by atoms with E-state index < -0.39 is 0 Å². The van der Waals surface area contributed by atoms with Gasteiger partial charge in [0.15, 0.2) is 0 Å². The fraction of sp³-hybridized carbons (Fsp3) is 0.529. The highest BCUT2D eigenvalue weighted by Gasteiger charge is 2.20. The Hall–Kier alpha value is -1.41. The standard InChI is InChI=1S/C17H22FNO2/c1-19(8-10-21-13-15-4-5-15)12-16-7-6-14(3-2-9-20)11-17(16)18/h6-7,11,15,20H,4-5,8-10,12-13H2,1H3. The smallest absolute Gasteiger partial charge is 0.128 e. The van der Waals surface area contributed by atoms with Crippen molar-refractivity contribution >= 4 is 0 Å². The normalized spacial score (nSPS) is 14.1. The minimum Gasteiger partial charge on any atom is -0.384 e. The number of ether oxygens (including phenoxy) is 1. The highest BCUT2D eigenvalue weighted by molar-refractivity contribution is 5.37. The summed E-state index contributed by atoms with van der Waals surface area (Å²) in [7, 11) is 1.96. The quantitative estimate of drug-likeness (QED) is 0.616. The molecule has 114 valence electrons. The summed E-state index contributed by atoms with van der Waals surface area (Å²) in [6.45, 7) is 2.67. The van der Waals surface area contributed by atoms with Crippen molar-refractivity contribution in [2.45, 2.75) is 19.4 Å². The van der Waals surface area contributed by atoms with Crippen LogP contribution < -0.4 is 0 Å². The molecular weight excluding hydrogens is 269 g/mol. The number of benzene rings is 1. The van der Waals surface area contributed by atoms with E-state index in [1.807, 2.05) is 11.9 Å². The van der Waals surface area contributed by atoms with Crippen LogP contribution in [0.3, 0.4) is 0 Å². The molecule has 0 bridgehead atoms. The molecule has 1 aliphatic rings. The summed E-state index contributed by atoms with van der Waals surface area (Å²) in [5.74, 6) is 5.73. The third kappa shape index (κ3) is 5.84. The molecule has 1 aromatic rings. The number of hydrogen-bond acceptors (Lipinski definition) is 3. The van der Waals surface area contributed by atoms with Gasteiger partial charge in [-0.2, -0.15) is 0 Å².